The highest BCUT2D eigenvalue weighted by atomic mass is 79.9. The van der Waals surface area contributed by atoms with Gasteiger partial charge in [-0.1, -0.05) is 15.9 Å². The fourth-order valence-electron chi connectivity index (χ4n) is 1.04. The van der Waals surface area contributed by atoms with Crippen molar-refractivity contribution in [1.82, 2.24) is 5.32 Å². The molecule has 0 atom stereocenters. The summed E-state index contributed by atoms with van der Waals surface area (Å²) in [4.78, 5) is 0. The van der Waals surface area contributed by atoms with Crippen molar-refractivity contribution in [2.75, 3.05) is 5.32 Å². The summed E-state index contributed by atoms with van der Waals surface area (Å²) in [5.41, 5.74) is 6.91. The van der Waals surface area contributed by atoms with E-state index in [1.54, 1.807) is 0 Å². The van der Waals surface area contributed by atoms with Crippen molar-refractivity contribution in [3.63, 3.8) is 0 Å². The number of benzene rings is 1. The molecular weight excluding hydrogens is 338 g/mol. The fourth-order valence-corrected chi connectivity index (χ4v) is 1.94. The van der Waals surface area contributed by atoms with Crippen LogP contribution in [-0.2, 0) is 0 Å². The van der Waals surface area contributed by atoms with Gasteiger partial charge in [0.15, 0.2) is 11.9 Å². The lowest BCUT2D eigenvalue weighted by atomic mass is 10.2. The molecule has 0 aromatic heterocycles. The average Bonchev–Trinajstić information content (AvgIpc) is 2.12. The van der Waals surface area contributed by atoms with Crippen LogP contribution in [0.25, 0.3) is 0 Å². The molecule has 0 amide bonds. The van der Waals surface area contributed by atoms with E-state index >= 15 is 0 Å². The van der Waals surface area contributed by atoms with Crippen LogP contribution in [0.1, 0.15) is 5.56 Å². The number of hydrogen-bond acceptors (Lipinski definition) is 2. The summed E-state index contributed by atoms with van der Waals surface area (Å²) in [5.74, 6) is -0.330. The molecule has 16 heavy (non-hydrogen) atoms. The lowest BCUT2D eigenvalue weighted by molar-refractivity contribution is 1.20. The van der Waals surface area contributed by atoms with Crippen LogP contribution in [0.5, 0.6) is 0 Å². The van der Waals surface area contributed by atoms with Crippen molar-refractivity contribution in [3.8, 4) is 0 Å². The highest BCUT2D eigenvalue weighted by molar-refractivity contribution is 9.11. The molecule has 7 heteroatoms. The Hall–Kier alpha value is -1.08. The van der Waals surface area contributed by atoms with Gasteiger partial charge < -0.3 is 11.1 Å². The normalized spacial score (nSPS) is 9.69. The van der Waals surface area contributed by atoms with Crippen molar-refractivity contribution < 1.29 is 0 Å². The first-order valence-electron chi connectivity index (χ1n) is 4.32. The van der Waals surface area contributed by atoms with Gasteiger partial charge in [-0.05, 0) is 40.5 Å². The highest BCUT2D eigenvalue weighted by Gasteiger charge is 2.06. The van der Waals surface area contributed by atoms with Crippen LogP contribution in [0.2, 0.25) is 0 Å². The molecule has 86 valence electrons. The van der Waals surface area contributed by atoms with E-state index in [4.69, 9.17) is 16.6 Å². The van der Waals surface area contributed by atoms with E-state index in [9.17, 15) is 0 Å². The van der Waals surface area contributed by atoms with Gasteiger partial charge in [0.1, 0.15) is 0 Å². The summed E-state index contributed by atoms with van der Waals surface area (Å²) in [6, 6.07) is 3.77. The number of nitrogens with one attached hydrogen (secondary N) is 4. The molecule has 0 aliphatic carbocycles. The third kappa shape index (κ3) is 3.49. The minimum absolute atomic E-state index is 0.0519. The zero-order valence-corrected chi connectivity index (χ0v) is 11.7. The van der Waals surface area contributed by atoms with E-state index in [-0.39, 0.29) is 11.9 Å². The molecule has 0 aliphatic rings. The van der Waals surface area contributed by atoms with Crippen LogP contribution in [0.3, 0.4) is 0 Å². The van der Waals surface area contributed by atoms with Crippen molar-refractivity contribution in [2.24, 2.45) is 5.73 Å². The summed E-state index contributed by atoms with van der Waals surface area (Å²) in [7, 11) is 0. The topological polar surface area (TPSA) is 97.8 Å². The second-order valence-electron chi connectivity index (χ2n) is 3.12. The van der Waals surface area contributed by atoms with E-state index in [0.29, 0.717) is 0 Å². The quantitative estimate of drug-likeness (QED) is 0.398. The number of anilines is 1. The molecule has 1 rings (SSSR count). The third-order valence-corrected chi connectivity index (χ3v) is 3.28. The maximum Gasteiger partial charge on any atom is 0.199 e. The Bertz CT molecular complexity index is 444. The van der Waals surface area contributed by atoms with Crippen LogP contribution in [0, 0.1) is 17.7 Å². The molecule has 0 unspecified atom stereocenters. The molecule has 0 radical (unpaired) electrons. The van der Waals surface area contributed by atoms with Crippen LogP contribution >= 0.6 is 31.9 Å². The largest absolute Gasteiger partial charge is 0.370 e. The fraction of sp³-hybridized carbons (Fsp3) is 0.111. The van der Waals surface area contributed by atoms with Gasteiger partial charge in [0.05, 0.1) is 5.69 Å². The van der Waals surface area contributed by atoms with Gasteiger partial charge in [0, 0.05) is 8.95 Å². The van der Waals surface area contributed by atoms with Crippen LogP contribution < -0.4 is 16.4 Å². The van der Waals surface area contributed by atoms with Gasteiger partial charge in [-0.25, -0.2) is 0 Å². The Balaban J connectivity index is 2.85. The molecule has 1 aromatic carbocycles. The predicted octanol–water partition coefficient (Wildman–Crippen LogP) is 2.35. The summed E-state index contributed by atoms with van der Waals surface area (Å²) in [6.07, 6.45) is 0. The summed E-state index contributed by atoms with van der Waals surface area (Å²) < 4.78 is 1.78. The number of nitrogens with two attached hydrogens (primary N) is 1. The standard InChI is InChI=1S/C9H11Br2N5/c1-4-2-6(11)7(3-5(4)10)15-9(14)16-8(12)13/h2-3H,1H3,(H6,12,13,14,15,16). The molecule has 0 saturated heterocycles. The summed E-state index contributed by atoms with van der Waals surface area (Å²) in [6.45, 7) is 1.97. The number of aryl methyl sites for hydroxylation is 1. The summed E-state index contributed by atoms with van der Waals surface area (Å²) in [5, 5.41) is 19.6. The van der Waals surface area contributed by atoms with Gasteiger partial charge >= 0.3 is 0 Å². The minimum atomic E-state index is -0.278. The maximum atomic E-state index is 7.50. The number of rotatable bonds is 1. The molecule has 0 aliphatic heterocycles. The Morgan fingerprint density at radius 3 is 2.44 bits per heavy atom. The van der Waals surface area contributed by atoms with Crippen molar-refractivity contribution in [2.45, 2.75) is 6.92 Å². The molecule has 6 N–H and O–H groups in total. The van der Waals surface area contributed by atoms with Gasteiger partial charge in [0.25, 0.3) is 0 Å². The molecular formula is C9H11Br2N5. The van der Waals surface area contributed by atoms with Gasteiger partial charge in [-0.3, -0.25) is 16.1 Å². The zero-order chi connectivity index (χ0) is 12.3. The van der Waals surface area contributed by atoms with E-state index in [0.717, 1.165) is 20.2 Å². The second kappa shape index (κ2) is 5.31. The van der Waals surface area contributed by atoms with E-state index in [2.05, 4.69) is 42.5 Å². The third-order valence-electron chi connectivity index (χ3n) is 1.77. The SMILES string of the molecule is Cc1cc(Br)c(NC(=N)NC(=N)N)cc1Br. The molecule has 5 nitrogen and oxygen atoms in total. The Kier molecular flexibility index (Phi) is 4.31. The van der Waals surface area contributed by atoms with E-state index in [1.807, 2.05) is 19.1 Å². The van der Waals surface area contributed by atoms with Gasteiger partial charge in [-0.2, -0.15) is 0 Å². The van der Waals surface area contributed by atoms with Gasteiger partial charge in [-0.15, -0.1) is 0 Å². The van der Waals surface area contributed by atoms with Crippen LogP contribution in [0.15, 0.2) is 21.1 Å². The van der Waals surface area contributed by atoms with Crippen molar-refractivity contribution in [3.05, 3.63) is 26.6 Å². The lowest BCUT2D eigenvalue weighted by Gasteiger charge is -2.12. The van der Waals surface area contributed by atoms with Crippen LogP contribution in [0.4, 0.5) is 5.69 Å². The molecule has 0 spiro atoms. The first kappa shape index (κ1) is 13.0. The number of hydrogen-bond donors (Lipinski definition) is 5. The Morgan fingerprint density at radius 1 is 1.25 bits per heavy atom. The predicted molar refractivity (Wildman–Crippen MR) is 73.0 cm³/mol. The maximum absolute atomic E-state index is 7.50. The smallest absolute Gasteiger partial charge is 0.199 e. The monoisotopic (exact) mass is 347 g/mol. The first-order valence-corrected chi connectivity index (χ1v) is 5.91. The zero-order valence-electron chi connectivity index (χ0n) is 8.49. The van der Waals surface area contributed by atoms with Gasteiger partial charge in [0.2, 0.25) is 0 Å². The number of halogens is 2. The first-order chi connectivity index (χ1) is 7.40. The molecule has 0 heterocycles. The number of guanidine groups is 2. The van der Waals surface area contributed by atoms with Crippen molar-refractivity contribution >= 4 is 49.5 Å². The van der Waals surface area contributed by atoms with E-state index in [1.165, 1.54) is 0 Å². The molecule has 0 saturated carbocycles. The average molecular weight is 349 g/mol. The van der Waals surface area contributed by atoms with E-state index < -0.39 is 0 Å². The summed E-state index contributed by atoms with van der Waals surface area (Å²) >= 11 is 6.79. The minimum Gasteiger partial charge on any atom is -0.370 e. The molecule has 0 fully saturated rings. The van der Waals surface area contributed by atoms with Crippen molar-refractivity contribution in [1.29, 1.82) is 10.8 Å². The second-order valence-corrected chi connectivity index (χ2v) is 4.83. The highest BCUT2D eigenvalue weighted by Crippen LogP contribution is 2.29. The molecule has 0 bridgehead atoms. The Labute approximate surface area is 110 Å². The van der Waals surface area contributed by atoms with Crippen LogP contribution in [-0.4, -0.2) is 11.9 Å². The molecule has 1 aromatic rings. The Morgan fingerprint density at radius 2 is 1.88 bits per heavy atom. The lowest BCUT2D eigenvalue weighted by Crippen LogP contribution is -2.39.